The maximum Gasteiger partial charge on any atom is 0.306 e. The molecule has 0 amide bonds. The lowest BCUT2D eigenvalue weighted by Crippen LogP contribution is -3.08. The fraction of sp³-hybridized carbons (Fsp3) is 0.800. The minimum absolute atomic E-state index is 0.0417. The number of piperidine rings is 1. The lowest BCUT2D eigenvalue weighted by atomic mass is 9.94. The van der Waals surface area contributed by atoms with Crippen LogP contribution in [0.3, 0.4) is 0 Å². The lowest BCUT2D eigenvalue weighted by molar-refractivity contribution is -0.860. The molecule has 1 fully saturated rings. The van der Waals surface area contributed by atoms with Crippen molar-refractivity contribution in [2.75, 3.05) is 19.7 Å². The second-order valence-electron chi connectivity index (χ2n) is 3.70. The summed E-state index contributed by atoms with van der Waals surface area (Å²) in [5.41, 5.74) is 0. The van der Waals surface area contributed by atoms with E-state index in [9.17, 15) is 4.79 Å². The van der Waals surface area contributed by atoms with Crippen LogP contribution in [0.5, 0.6) is 0 Å². The molecule has 0 atom stereocenters. The number of carbonyl (C=O) groups excluding carboxylic acids is 1. The van der Waals surface area contributed by atoms with Crippen molar-refractivity contribution in [1.29, 1.82) is 0 Å². The van der Waals surface area contributed by atoms with Crippen LogP contribution in [0.4, 0.5) is 0 Å². The van der Waals surface area contributed by atoms with E-state index in [0.29, 0.717) is 18.9 Å². The number of ether oxygens (including phenoxy) is 1. The van der Waals surface area contributed by atoms with Crippen molar-refractivity contribution in [3.8, 4) is 0 Å². The predicted molar refractivity (Wildman–Crippen MR) is 50.0 cm³/mol. The minimum atomic E-state index is -0.0417. The quantitative estimate of drug-likeness (QED) is 0.496. The Hall–Kier alpha value is -0.570. The van der Waals surface area contributed by atoms with E-state index in [1.165, 1.54) is 4.90 Å². The normalized spacial score (nSPS) is 28.5. The number of carbonyl (C=O) groups is 1. The zero-order valence-corrected chi connectivity index (χ0v) is 8.34. The van der Waals surface area contributed by atoms with E-state index in [0.717, 1.165) is 25.9 Å². The van der Waals surface area contributed by atoms with Gasteiger partial charge in [-0.05, 0) is 25.7 Å². The first-order chi connectivity index (χ1) is 6.22. The predicted octanol–water partition coefficient (Wildman–Crippen LogP) is 0.0261. The zero-order chi connectivity index (χ0) is 9.68. The van der Waals surface area contributed by atoms with Gasteiger partial charge in [0.15, 0.2) is 0 Å². The summed E-state index contributed by atoms with van der Waals surface area (Å²) in [6.07, 6.45) is 2.82. The zero-order valence-electron chi connectivity index (χ0n) is 8.34. The van der Waals surface area contributed by atoms with Crippen LogP contribution in [0.1, 0.15) is 26.2 Å². The van der Waals surface area contributed by atoms with Crippen LogP contribution in [-0.2, 0) is 9.53 Å². The molecule has 0 spiro atoms. The maximum absolute atomic E-state index is 11.1. The van der Waals surface area contributed by atoms with Crippen molar-refractivity contribution in [2.45, 2.75) is 26.2 Å². The molecule has 0 aromatic heterocycles. The molecular weight excluding hydrogens is 166 g/mol. The van der Waals surface area contributed by atoms with Gasteiger partial charge < -0.3 is 9.64 Å². The van der Waals surface area contributed by atoms with Gasteiger partial charge in [0.25, 0.3) is 0 Å². The molecule has 3 heteroatoms. The summed E-state index contributed by atoms with van der Waals surface area (Å²) < 4.78 is 4.91. The van der Waals surface area contributed by atoms with E-state index in [1.54, 1.807) is 0 Å². The van der Waals surface area contributed by atoms with Gasteiger partial charge in [0.05, 0.1) is 19.7 Å². The van der Waals surface area contributed by atoms with Gasteiger partial charge in [-0.2, -0.15) is 7.05 Å². The van der Waals surface area contributed by atoms with Gasteiger partial charge in [0.2, 0.25) is 0 Å². The van der Waals surface area contributed by atoms with Gasteiger partial charge in [-0.3, -0.25) is 4.79 Å². The van der Waals surface area contributed by atoms with E-state index >= 15 is 0 Å². The first kappa shape index (κ1) is 10.5. The molecule has 1 aliphatic heterocycles. The van der Waals surface area contributed by atoms with Crippen molar-refractivity contribution in [3.63, 3.8) is 0 Å². The van der Waals surface area contributed by atoms with Gasteiger partial charge in [0.1, 0.15) is 0 Å². The van der Waals surface area contributed by atoms with Crippen LogP contribution in [0.2, 0.25) is 0 Å². The molecule has 1 saturated heterocycles. The highest BCUT2D eigenvalue weighted by molar-refractivity contribution is 5.69. The Labute approximate surface area is 80.1 Å². The number of quaternary nitrogens is 1. The second-order valence-corrected chi connectivity index (χ2v) is 3.70. The molecule has 1 aliphatic rings. The SMILES string of the molecule is [CH2-][NH+]1CCC(CC(=O)OCC)CC1. The van der Waals surface area contributed by atoms with E-state index in [1.807, 2.05) is 6.92 Å². The average molecular weight is 185 g/mol. The molecular formula is C10H19NO2. The Bertz CT molecular complexity index is 162. The van der Waals surface area contributed by atoms with Crippen molar-refractivity contribution < 1.29 is 14.4 Å². The van der Waals surface area contributed by atoms with Gasteiger partial charge in [-0.15, -0.1) is 0 Å². The Kier molecular flexibility index (Phi) is 4.22. The second kappa shape index (κ2) is 5.22. The van der Waals surface area contributed by atoms with E-state index in [4.69, 9.17) is 4.74 Å². The summed E-state index contributed by atoms with van der Waals surface area (Å²) in [4.78, 5) is 12.5. The van der Waals surface area contributed by atoms with Crippen molar-refractivity contribution in [2.24, 2.45) is 5.92 Å². The van der Waals surface area contributed by atoms with Gasteiger partial charge in [-0.1, -0.05) is 0 Å². The standard InChI is InChI=1S/C10H19NO2/c1-3-13-10(12)8-9-4-6-11(2)7-5-9/h9,11H,2-8H2,1H3. The monoisotopic (exact) mass is 185 g/mol. The molecule has 1 N–H and O–H groups in total. The summed E-state index contributed by atoms with van der Waals surface area (Å²) in [7, 11) is 3.95. The summed E-state index contributed by atoms with van der Waals surface area (Å²) in [6, 6.07) is 0. The molecule has 0 aliphatic carbocycles. The molecule has 3 nitrogen and oxygen atoms in total. The molecule has 0 bridgehead atoms. The summed E-state index contributed by atoms with van der Waals surface area (Å²) >= 11 is 0. The smallest absolute Gasteiger partial charge is 0.306 e. The fourth-order valence-corrected chi connectivity index (χ4v) is 1.75. The van der Waals surface area contributed by atoms with Crippen molar-refractivity contribution in [1.82, 2.24) is 0 Å². The molecule has 0 aromatic rings. The third-order valence-electron chi connectivity index (χ3n) is 2.57. The molecule has 0 radical (unpaired) electrons. The third kappa shape index (κ3) is 3.77. The van der Waals surface area contributed by atoms with Crippen molar-refractivity contribution >= 4 is 5.97 Å². The highest BCUT2D eigenvalue weighted by Gasteiger charge is 2.20. The van der Waals surface area contributed by atoms with Gasteiger partial charge in [-0.25, -0.2) is 0 Å². The van der Waals surface area contributed by atoms with E-state index < -0.39 is 0 Å². The van der Waals surface area contributed by atoms with Crippen LogP contribution in [0.25, 0.3) is 0 Å². The van der Waals surface area contributed by atoms with E-state index in [-0.39, 0.29) is 5.97 Å². The summed E-state index contributed by atoms with van der Waals surface area (Å²) in [6.45, 7) is 4.52. The molecule has 0 unspecified atom stereocenters. The Balaban J connectivity index is 2.18. The third-order valence-corrected chi connectivity index (χ3v) is 2.57. The highest BCUT2D eigenvalue weighted by atomic mass is 16.5. The molecule has 0 aromatic carbocycles. The Morgan fingerprint density at radius 1 is 1.54 bits per heavy atom. The minimum Gasteiger partial charge on any atom is -0.468 e. The largest absolute Gasteiger partial charge is 0.468 e. The molecule has 1 rings (SSSR count). The molecule has 0 saturated carbocycles. The molecule has 1 heterocycles. The van der Waals surface area contributed by atoms with Crippen LogP contribution in [0.15, 0.2) is 0 Å². The maximum atomic E-state index is 11.1. The first-order valence-corrected chi connectivity index (χ1v) is 5.04. The number of hydrogen-bond donors (Lipinski definition) is 1. The summed E-state index contributed by atoms with van der Waals surface area (Å²) in [5, 5.41) is 0. The molecule has 76 valence electrons. The Morgan fingerprint density at radius 2 is 2.15 bits per heavy atom. The van der Waals surface area contributed by atoms with Crippen LogP contribution in [-0.4, -0.2) is 25.7 Å². The topological polar surface area (TPSA) is 30.7 Å². The molecule has 13 heavy (non-hydrogen) atoms. The average Bonchev–Trinajstić information content (AvgIpc) is 2.09. The number of esters is 1. The first-order valence-electron chi connectivity index (χ1n) is 5.04. The number of likely N-dealkylation sites (tertiary alicyclic amines) is 1. The highest BCUT2D eigenvalue weighted by Crippen LogP contribution is 2.14. The van der Waals surface area contributed by atoms with Crippen LogP contribution < -0.4 is 4.90 Å². The van der Waals surface area contributed by atoms with Gasteiger partial charge in [0, 0.05) is 6.42 Å². The van der Waals surface area contributed by atoms with Gasteiger partial charge >= 0.3 is 5.97 Å². The van der Waals surface area contributed by atoms with Crippen LogP contribution in [0, 0.1) is 13.0 Å². The fourth-order valence-electron chi connectivity index (χ4n) is 1.75. The van der Waals surface area contributed by atoms with Crippen LogP contribution >= 0.6 is 0 Å². The number of nitrogens with one attached hydrogen (secondary N) is 1. The number of hydrogen-bond acceptors (Lipinski definition) is 2. The van der Waals surface area contributed by atoms with Crippen molar-refractivity contribution in [3.05, 3.63) is 7.05 Å². The van der Waals surface area contributed by atoms with E-state index in [2.05, 4.69) is 7.05 Å². The lowest BCUT2D eigenvalue weighted by Gasteiger charge is -2.30. The number of rotatable bonds is 3. The Morgan fingerprint density at radius 3 is 2.69 bits per heavy atom. The summed E-state index contributed by atoms with van der Waals surface area (Å²) in [5.74, 6) is 0.490.